The first kappa shape index (κ1) is 23.9. The summed E-state index contributed by atoms with van der Waals surface area (Å²) < 4.78 is 59.0. The summed E-state index contributed by atoms with van der Waals surface area (Å²) in [7, 11) is 0. The standard InChI is InChI=1S/C23H18ClF3O7/c24-17-3-1-2-15-18(28)11-20(33-21(15)17)16-5-4-13(34-23(25,26)27)10-19(16)32-7-6-31-14-8-12(9-14)22(29)30/h1-5,10-12,14H,6-9H2,(H,29,30). The lowest BCUT2D eigenvalue weighted by Gasteiger charge is -2.32. The molecule has 1 N–H and O–H groups in total. The summed E-state index contributed by atoms with van der Waals surface area (Å²) in [6, 6.07) is 9.26. The van der Waals surface area contributed by atoms with E-state index in [1.807, 2.05) is 0 Å². The van der Waals surface area contributed by atoms with Crippen LogP contribution in [0.4, 0.5) is 13.2 Å². The first-order chi connectivity index (χ1) is 16.1. The highest BCUT2D eigenvalue weighted by Crippen LogP contribution is 2.37. The number of rotatable bonds is 8. The molecule has 34 heavy (non-hydrogen) atoms. The molecule has 1 aliphatic carbocycles. The van der Waals surface area contributed by atoms with Crippen LogP contribution < -0.4 is 14.9 Å². The SMILES string of the molecule is O=C(O)C1CC(OCCOc2cc(OC(F)(F)F)ccc2-c2cc(=O)c3cccc(Cl)c3o2)C1. The zero-order chi connectivity index (χ0) is 24.5. The highest BCUT2D eigenvalue weighted by molar-refractivity contribution is 6.34. The summed E-state index contributed by atoms with van der Waals surface area (Å²) in [4.78, 5) is 23.4. The number of carbonyl (C=O) groups is 1. The van der Waals surface area contributed by atoms with E-state index < -0.39 is 24.0 Å². The third-order valence-electron chi connectivity index (χ3n) is 5.30. The van der Waals surface area contributed by atoms with Crippen LogP contribution in [0.3, 0.4) is 0 Å². The fourth-order valence-electron chi connectivity index (χ4n) is 3.57. The Bertz CT molecular complexity index is 1270. The van der Waals surface area contributed by atoms with Gasteiger partial charge in [-0.25, -0.2) is 0 Å². The van der Waals surface area contributed by atoms with Gasteiger partial charge in [-0.05, 0) is 37.1 Å². The fourth-order valence-corrected chi connectivity index (χ4v) is 3.78. The summed E-state index contributed by atoms with van der Waals surface area (Å²) in [5.41, 5.74) is -0.0424. The van der Waals surface area contributed by atoms with Crippen LogP contribution in [-0.2, 0) is 9.53 Å². The summed E-state index contributed by atoms with van der Waals surface area (Å²) in [5.74, 6) is -1.81. The van der Waals surface area contributed by atoms with Gasteiger partial charge in [-0.2, -0.15) is 0 Å². The van der Waals surface area contributed by atoms with Crippen LogP contribution in [0.25, 0.3) is 22.3 Å². The number of para-hydroxylation sites is 1. The smallest absolute Gasteiger partial charge is 0.490 e. The van der Waals surface area contributed by atoms with Gasteiger partial charge in [0.05, 0.1) is 34.6 Å². The Morgan fingerprint density at radius 3 is 2.62 bits per heavy atom. The van der Waals surface area contributed by atoms with Crippen molar-refractivity contribution in [2.75, 3.05) is 13.2 Å². The van der Waals surface area contributed by atoms with Gasteiger partial charge in [0, 0.05) is 12.1 Å². The Labute approximate surface area is 195 Å². The molecular weight excluding hydrogens is 481 g/mol. The summed E-state index contributed by atoms with van der Waals surface area (Å²) >= 11 is 6.14. The highest BCUT2D eigenvalue weighted by atomic mass is 35.5. The molecule has 0 saturated heterocycles. The maximum Gasteiger partial charge on any atom is 0.573 e. The van der Waals surface area contributed by atoms with E-state index >= 15 is 0 Å². The maximum atomic E-state index is 12.7. The number of ether oxygens (including phenoxy) is 3. The van der Waals surface area contributed by atoms with E-state index in [4.69, 9.17) is 30.6 Å². The number of benzene rings is 2. The van der Waals surface area contributed by atoms with E-state index in [0.717, 1.165) is 12.1 Å². The van der Waals surface area contributed by atoms with Crippen LogP contribution in [0.2, 0.25) is 5.02 Å². The molecule has 2 aromatic carbocycles. The molecule has 11 heteroatoms. The zero-order valence-electron chi connectivity index (χ0n) is 17.4. The second kappa shape index (κ2) is 9.55. The quantitative estimate of drug-likeness (QED) is 0.423. The van der Waals surface area contributed by atoms with Crippen molar-refractivity contribution < 1.29 is 41.7 Å². The molecule has 0 bridgehead atoms. The second-order valence-electron chi connectivity index (χ2n) is 7.65. The molecule has 7 nitrogen and oxygen atoms in total. The Morgan fingerprint density at radius 2 is 1.91 bits per heavy atom. The van der Waals surface area contributed by atoms with Gasteiger partial charge in [0.15, 0.2) is 11.0 Å². The van der Waals surface area contributed by atoms with Gasteiger partial charge in [-0.15, -0.1) is 13.2 Å². The molecular formula is C23H18ClF3O7. The number of fused-ring (bicyclic) bond motifs is 1. The number of aliphatic carboxylic acids is 1. The van der Waals surface area contributed by atoms with E-state index in [-0.39, 0.29) is 57.8 Å². The van der Waals surface area contributed by atoms with E-state index in [1.165, 1.54) is 12.1 Å². The van der Waals surface area contributed by atoms with Gasteiger partial charge in [-0.1, -0.05) is 17.7 Å². The number of hydrogen-bond acceptors (Lipinski definition) is 6. The number of hydrogen-bond donors (Lipinski definition) is 1. The van der Waals surface area contributed by atoms with E-state index in [2.05, 4.69) is 4.74 Å². The van der Waals surface area contributed by atoms with Gasteiger partial charge in [-0.3, -0.25) is 9.59 Å². The van der Waals surface area contributed by atoms with Crippen molar-refractivity contribution in [3.05, 3.63) is 57.7 Å². The van der Waals surface area contributed by atoms with Crippen molar-refractivity contribution in [2.24, 2.45) is 5.92 Å². The predicted octanol–water partition coefficient (Wildman–Crippen LogP) is 5.27. The average Bonchev–Trinajstić information content (AvgIpc) is 2.71. The normalized spacial score (nSPS) is 17.9. The van der Waals surface area contributed by atoms with Crippen LogP contribution in [0.1, 0.15) is 12.8 Å². The molecule has 0 amide bonds. The monoisotopic (exact) mass is 498 g/mol. The summed E-state index contributed by atoms with van der Waals surface area (Å²) in [5, 5.41) is 9.36. The molecule has 1 fully saturated rings. The molecule has 0 radical (unpaired) electrons. The highest BCUT2D eigenvalue weighted by Gasteiger charge is 2.35. The number of alkyl halides is 3. The molecule has 0 atom stereocenters. The predicted molar refractivity (Wildman–Crippen MR) is 115 cm³/mol. The lowest BCUT2D eigenvalue weighted by molar-refractivity contribution is -0.274. The van der Waals surface area contributed by atoms with E-state index in [9.17, 15) is 22.8 Å². The topological polar surface area (TPSA) is 95.2 Å². The van der Waals surface area contributed by atoms with Crippen molar-refractivity contribution in [3.63, 3.8) is 0 Å². The molecule has 1 heterocycles. The second-order valence-corrected chi connectivity index (χ2v) is 8.05. The third kappa shape index (κ3) is 5.45. The Hall–Kier alpha value is -3.24. The van der Waals surface area contributed by atoms with Crippen LogP contribution >= 0.6 is 11.6 Å². The Balaban J connectivity index is 1.57. The van der Waals surface area contributed by atoms with E-state index in [1.54, 1.807) is 18.2 Å². The van der Waals surface area contributed by atoms with Gasteiger partial charge < -0.3 is 23.7 Å². The zero-order valence-corrected chi connectivity index (χ0v) is 18.2. The lowest BCUT2D eigenvalue weighted by atomic mass is 9.82. The van der Waals surface area contributed by atoms with Crippen LogP contribution in [-0.4, -0.2) is 36.8 Å². The molecule has 1 aromatic heterocycles. The van der Waals surface area contributed by atoms with Crippen molar-refractivity contribution in [1.29, 1.82) is 0 Å². The van der Waals surface area contributed by atoms with Crippen LogP contribution in [0, 0.1) is 5.92 Å². The molecule has 1 saturated carbocycles. The van der Waals surface area contributed by atoms with Gasteiger partial charge in [0.1, 0.15) is 23.9 Å². The number of carboxylic acid groups (broad SMARTS) is 1. The number of carboxylic acids is 1. The molecule has 0 aliphatic heterocycles. The maximum absolute atomic E-state index is 12.7. The molecule has 0 unspecified atom stereocenters. The average molecular weight is 499 g/mol. The minimum absolute atomic E-state index is 0.0306. The van der Waals surface area contributed by atoms with Gasteiger partial charge in [0.25, 0.3) is 0 Å². The minimum atomic E-state index is -4.91. The Kier molecular flexibility index (Phi) is 6.72. The van der Waals surface area contributed by atoms with Crippen LogP contribution in [0.5, 0.6) is 11.5 Å². The third-order valence-corrected chi connectivity index (χ3v) is 5.59. The largest absolute Gasteiger partial charge is 0.573 e. The minimum Gasteiger partial charge on any atom is -0.490 e. The molecule has 0 spiro atoms. The molecule has 180 valence electrons. The van der Waals surface area contributed by atoms with E-state index in [0.29, 0.717) is 12.8 Å². The van der Waals surface area contributed by atoms with Crippen molar-refractivity contribution in [1.82, 2.24) is 0 Å². The first-order valence-electron chi connectivity index (χ1n) is 10.2. The molecule has 3 aromatic rings. The van der Waals surface area contributed by atoms with Crippen molar-refractivity contribution in [3.8, 4) is 22.8 Å². The van der Waals surface area contributed by atoms with Crippen molar-refractivity contribution >= 4 is 28.5 Å². The fraction of sp³-hybridized carbons (Fsp3) is 0.304. The lowest BCUT2D eigenvalue weighted by Crippen LogP contribution is -2.37. The summed E-state index contributed by atoms with van der Waals surface area (Å²) in [6.07, 6.45) is -4.35. The van der Waals surface area contributed by atoms with Crippen molar-refractivity contribution in [2.45, 2.75) is 25.3 Å². The molecule has 1 aliphatic rings. The molecule has 4 rings (SSSR count). The van der Waals surface area contributed by atoms with Gasteiger partial charge >= 0.3 is 12.3 Å². The number of halogens is 4. The van der Waals surface area contributed by atoms with Gasteiger partial charge in [0.2, 0.25) is 0 Å². The Morgan fingerprint density at radius 1 is 1.15 bits per heavy atom. The first-order valence-corrected chi connectivity index (χ1v) is 10.6. The van der Waals surface area contributed by atoms with Crippen LogP contribution in [0.15, 0.2) is 51.7 Å². The summed E-state index contributed by atoms with van der Waals surface area (Å²) in [6.45, 7) is 0.0313.